The van der Waals surface area contributed by atoms with Crippen LogP contribution < -0.4 is 20.1 Å². The third-order valence-corrected chi connectivity index (χ3v) is 7.00. The van der Waals surface area contributed by atoms with Crippen LogP contribution in [0.1, 0.15) is 31.5 Å². The summed E-state index contributed by atoms with van der Waals surface area (Å²) >= 11 is 1.58. The molecule has 3 aromatic heterocycles. The highest BCUT2D eigenvalue weighted by molar-refractivity contribution is 7.09. The molecule has 0 radical (unpaired) electrons. The second-order valence-corrected chi connectivity index (χ2v) is 10.1. The highest BCUT2D eigenvalue weighted by atomic mass is 32.1. The number of anilines is 1. The number of carbonyl (C=O) groups is 2. The number of nitrogens with one attached hydrogen (secondary N) is 2. The fourth-order valence-corrected chi connectivity index (χ4v) is 4.77. The van der Waals surface area contributed by atoms with Gasteiger partial charge in [-0.2, -0.15) is 0 Å². The first-order valence-electron chi connectivity index (χ1n) is 12.9. The summed E-state index contributed by atoms with van der Waals surface area (Å²) in [6.07, 6.45) is -2.89. The molecular formula is C29H22F4N6O4S. The monoisotopic (exact) mass is 626 g/mol. The van der Waals surface area contributed by atoms with Gasteiger partial charge in [-0.3, -0.25) is 9.59 Å². The quantitative estimate of drug-likeness (QED) is 0.180. The number of hydrogen-bond acceptors (Lipinski definition) is 8. The van der Waals surface area contributed by atoms with E-state index in [1.165, 1.54) is 55.6 Å². The lowest BCUT2D eigenvalue weighted by Crippen LogP contribution is -2.26. The number of alkyl halides is 3. The predicted molar refractivity (Wildman–Crippen MR) is 152 cm³/mol. The number of aromatic nitrogens is 4. The number of hydrogen-bond donors (Lipinski definition) is 2. The fraction of sp³-hybridized carbons (Fsp3) is 0.138. The zero-order chi connectivity index (χ0) is 31.3. The minimum Gasteiger partial charge on any atom is -0.452 e. The van der Waals surface area contributed by atoms with E-state index in [-0.39, 0.29) is 40.0 Å². The second kappa shape index (κ2) is 12.9. The molecule has 2 aromatic carbocycles. The third kappa shape index (κ3) is 7.18. The molecule has 226 valence electrons. The van der Waals surface area contributed by atoms with E-state index in [1.54, 1.807) is 11.3 Å². The molecule has 0 aliphatic carbocycles. The highest BCUT2D eigenvalue weighted by Crippen LogP contribution is 2.31. The zero-order valence-corrected chi connectivity index (χ0v) is 23.6. The molecule has 0 unspecified atom stereocenters. The molecule has 0 aliphatic rings. The van der Waals surface area contributed by atoms with Crippen molar-refractivity contribution in [1.82, 2.24) is 25.3 Å². The number of thiophene rings is 1. The number of amides is 2. The van der Waals surface area contributed by atoms with E-state index in [2.05, 4.69) is 30.7 Å². The van der Waals surface area contributed by atoms with Crippen LogP contribution in [0.3, 0.4) is 0 Å². The SMILES string of the molecule is Cc1c(C(=O)Nc2ccc(Oc3cccnc3C(=O)NCCc3cccs3)c(F)c2)nnn1-c1ccccc1OC(F)(F)F. The zero-order valence-electron chi connectivity index (χ0n) is 22.8. The van der Waals surface area contributed by atoms with Crippen LogP contribution in [0.2, 0.25) is 0 Å². The number of nitrogens with zero attached hydrogens (tertiary/aromatic N) is 4. The van der Waals surface area contributed by atoms with Crippen LogP contribution >= 0.6 is 11.3 Å². The average molecular weight is 627 g/mol. The summed E-state index contributed by atoms with van der Waals surface area (Å²) in [6.45, 7) is 1.81. The van der Waals surface area contributed by atoms with Gasteiger partial charge in [0.1, 0.15) is 5.69 Å². The predicted octanol–water partition coefficient (Wildman–Crippen LogP) is 6.09. The molecule has 0 saturated carbocycles. The van der Waals surface area contributed by atoms with Gasteiger partial charge in [-0.25, -0.2) is 14.1 Å². The molecule has 5 rings (SSSR count). The Bertz CT molecular complexity index is 1790. The van der Waals surface area contributed by atoms with Crippen LogP contribution in [0.4, 0.5) is 23.2 Å². The minimum absolute atomic E-state index is 0.0267. The van der Waals surface area contributed by atoms with Crippen molar-refractivity contribution in [1.29, 1.82) is 0 Å². The lowest BCUT2D eigenvalue weighted by Gasteiger charge is -2.13. The molecule has 5 aromatic rings. The maximum atomic E-state index is 15.0. The van der Waals surface area contributed by atoms with E-state index in [0.29, 0.717) is 13.0 Å². The summed E-state index contributed by atoms with van der Waals surface area (Å²) in [7, 11) is 0. The minimum atomic E-state index is -4.94. The van der Waals surface area contributed by atoms with Gasteiger partial charge >= 0.3 is 6.36 Å². The third-order valence-electron chi connectivity index (χ3n) is 6.06. The van der Waals surface area contributed by atoms with Crippen molar-refractivity contribution < 1.29 is 36.6 Å². The molecule has 0 saturated heterocycles. The van der Waals surface area contributed by atoms with Gasteiger partial charge in [0.15, 0.2) is 34.5 Å². The molecule has 44 heavy (non-hydrogen) atoms. The van der Waals surface area contributed by atoms with Gasteiger partial charge in [-0.05, 0) is 61.2 Å². The van der Waals surface area contributed by atoms with Gasteiger partial charge in [0.05, 0.1) is 5.69 Å². The fourth-order valence-electron chi connectivity index (χ4n) is 4.06. The smallest absolute Gasteiger partial charge is 0.452 e. The van der Waals surface area contributed by atoms with E-state index in [4.69, 9.17) is 4.74 Å². The van der Waals surface area contributed by atoms with Crippen LogP contribution in [0, 0.1) is 12.7 Å². The van der Waals surface area contributed by atoms with Crippen molar-refractivity contribution in [3.05, 3.63) is 106 Å². The Morgan fingerprint density at radius 1 is 0.955 bits per heavy atom. The van der Waals surface area contributed by atoms with Gasteiger partial charge in [0.2, 0.25) is 0 Å². The van der Waals surface area contributed by atoms with Crippen molar-refractivity contribution in [2.24, 2.45) is 0 Å². The van der Waals surface area contributed by atoms with Crippen molar-refractivity contribution >= 4 is 28.8 Å². The Morgan fingerprint density at radius 3 is 2.50 bits per heavy atom. The molecule has 15 heteroatoms. The molecule has 0 bridgehead atoms. The Hall–Kier alpha value is -5.31. The summed E-state index contributed by atoms with van der Waals surface area (Å²) < 4.78 is 64.3. The van der Waals surface area contributed by atoms with E-state index in [1.807, 2.05) is 17.5 Å². The molecule has 0 spiro atoms. The molecule has 0 aliphatic heterocycles. The van der Waals surface area contributed by atoms with Gasteiger partial charge in [0.25, 0.3) is 11.8 Å². The van der Waals surface area contributed by atoms with Crippen LogP contribution in [0.15, 0.2) is 78.3 Å². The van der Waals surface area contributed by atoms with E-state index in [9.17, 15) is 22.8 Å². The van der Waals surface area contributed by atoms with Gasteiger partial charge in [-0.15, -0.1) is 29.6 Å². The van der Waals surface area contributed by atoms with Crippen molar-refractivity contribution in [3.8, 4) is 22.9 Å². The summed E-state index contributed by atoms with van der Waals surface area (Å²) in [6, 6.07) is 15.7. The number of benzene rings is 2. The van der Waals surface area contributed by atoms with Gasteiger partial charge < -0.3 is 20.1 Å². The number of pyridine rings is 1. The molecule has 10 nitrogen and oxygen atoms in total. The normalized spacial score (nSPS) is 11.2. The van der Waals surface area contributed by atoms with Gasteiger partial charge in [0, 0.05) is 29.4 Å². The summed E-state index contributed by atoms with van der Waals surface area (Å²) in [5.41, 5.74) is -0.187. The molecular weight excluding hydrogens is 604 g/mol. The van der Waals surface area contributed by atoms with Crippen molar-refractivity contribution in [2.45, 2.75) is 19.7 Å². The Balaban J connectivity index is 1.27. The number of ether oxygens (including phenoxy) is 2. The molecule has 0 atom stereocenters. The number of halogens is 4. The summed E-state index contributed by atoms with van der Waals surface area (Å²) in [5.74, 6) is -2.87. The highest BCUT2D eigenvalue weighted by Gasteiger charge is 2.33. The second-order valence-electron chi connectivity index (χ2n) is 9.09. The summed E-state index contributed by atoms with van der Waals surface area (Å²) in [4.78, 5) is 30.8. The Kier molecular flexibility index (Phi) is 8.85. The number of rotatable bonds is 10. The van der Waals surface area contributed by atoms with Crippen LogP contribution in [0.5, 0.6) is 17.2 Å². The molecule has 2 amide bonds. The van der Waals surface area contributed by atoms with Crippen molar-refractivity contribution in [2.75, 3.05) is 11.9 Å². The number of carbonyl (C=O) groups excluding carboxylic acids is 2. The standard InChI is InChI=1S/C29H22F4N6O4S/c1-17-25(37-38-39(17)21-7-2-3-8-23(21)43-29(31,32)33)28(41)36-18-10-11-22(20(30)16-18)42-24-9-4-13-34-26(24)27(40)35-14-12-19-6-5-15-44-19/h2-11,13,15-16H,12,14H2,1H3,(H,35,40)(H,36,41). The average Bonchev–Trinajstić information content (AvgIpc) is 3.64. The summed E-state index contributed by atoms with van der Waals surface area (Å²) in [5, 5.41) is 14.8. The Labute approximate surface area is 251 Å². The van der Waals surface area contributed by atoms with E-state index in [0.717, 1.165) is 21.7 Å². The molecule has 2 N–H and O–H groups in total. The van der Waals surface area contributed by atoms with Crippen LogP contribution in [-0.4, -0.2) is 44.7 Å². The van der Waals surface area contributed by atoms with Crippen LogP contribution in [0.25, 0.3) is 5.69 Å². The lowest BCUT2D eigenvalue weighted by molar-refractivity contribution is -0.274. The maximum Gasteiger partial charge on any atom is 0.573 e. The van der Waals surface area contributed by atoms with E-state index < -0.39 is 29.7 Å². The van der Waals surface area contributed by atoms with Gasteiger partial charge in [-0.1, -0.05) is 23.4 Å². The molecule has 0 fully saturated rings. The molecule has 3 heterocycles. The van der Waals surface area contributed by atoms with Crippen LogP contribution in [-0.2, 0) is 6.42 Å². The first kappa shape index (κ1) is 30.2. The number of para-hydroxylation sites is 2. The Morgan fingerprint density at radius 2 is 1.75 bits per heavy atom. The van der Waals surface area contributed by atoms with E-state index >= 15 is 4.39 Å². The topological polar surface area (TPSA) is 120 Å². The first-order valence-corrected chi connectivity index (χ1v) is 13.8. The largest absolute Gasteiger partial charge is 0.573 e. The lowest BCUT2D eigenvalue weighted by atomic mass is 10.2. The maximum absolute atomic E-state index is 15.0. The van der Waals surface area contributed by atoms with Crippen molar-refractivity contribution in [3.63, 3.8) is 0 Å². The first-order chi connectivity index (χ1) is 21.1.